The molecule has 0 amide bonds. The summed E-state index contributed by atoms with van der Waals surface area (Å²) in [5.74, 6) is 1.04. The van der Waals surface area contributed by atoms with E-state index in [1.54, 1.807) is 6.92 Å². The predicted octanol–water partition coefficient (Wildman–Crippen LogP) is 2.12. The third-order valence-electron chi connectivity index (χ3n) is 2.95. The number of aliphatic hydroxyl groups excluding tert-OH is 1. The standard InChI is InChI=1S/C12H19N3O3/c1-3-10(4-5-16)7-13-12-9(2)6-11(8-14-12)15(17)18/h6,8,10,16H,3-5,7H2,1-2H3,(H,13,14). The highest BCUT2D eigenvalue weighted by atomic mass is 16.6. The first-order chi connectivity index (χ1) is 8.58. The Labute approximate surface area is 106 Å². The highest BCUT2D eigenvalue weighted by molar-refractivity contribution is 5.48. The van der Waals surface area contributed by atoms with Gasteiger partial charge in [-0.2, -0.15) is 0 Å². The Bertz CT molecular complexity index is 410. The summed E-state index contributed by atoms with van der Waals surface area (Å²) in [4.78, 5) is 14.2. The highest BCUT2D eigenvalue weighted by Crippen LogP contribution is 2.18. The Kier molecular flexibility index (Phi) is 5.51. The number of aliphatic hydroxyl groups is 1. The van der Waals surface area contributed by atoms with Crippen LogP contribution in [0.5, 0.6) is 0 Å². The maximum Gasteiger partial charge on any atom is 0.287 e. The van der Waals surface area contributed by atoms with Crippen molar-refractivity contribution in [1.29, 1.82) is 0 Å². The number of hydrogen-bond acceptors (Lipinski definition) is 5. The lowest BCUT2D eigenvalue weighted by Crippen LogP contribution is -2.16. The summed E-state index contributed by atoms with van der Waals surface area (Å²) in [7, 11) is 0. The van der Waals surface area contributed by atoms with Crippen molar-refractivity contribution in [2.24, 2.45) is 5.92 Å². The normalized spacial score (nSPS) is 12.2. The molecule has 1 heterocycles. The van der Waals surface area contributed by atoms with Crippen LogP contribution in [0.3, 0.4) is 0 Å². The largest absolute Gasteiger partial charge is 0.396 e. The number of pyridine rings is 1. The minimum Gasteiger partial charge on any atom is -0.396 e. The molecule has 2 N–H and O–H groups in total. The summed E-state index contributed by atoms with van der Waals surface area (Å²) in [6, 6.07) is 1.50. The second-order valence-electron chi connectivity index (χ2n) is 4.28. The molecule has 0 aromatic carbocycles. The van der Waals surface area contributed by atoms with E-state index in [0.717, 1.165) is 18.4 Å². The number of nitro groups is 1. The summed E-state index contributed by atoms with van der Waals surface area (Å²) in [5, 5.41) is 22.6. The maximum atomic E-state index is 10.6. The molecule has 1 aromatic rings. The molecule has 0 spiro atoms. The van der Waals surface area contributed by atoms with Gasteiger partial charge in [0.2, 0.25) is 0 Å². The summed E-state index contributed by atoms with van der Waals surface area (Å²) < 4.78 is 0. The Morgan fingerprint density at radius 3 is 2.83 bits per heavy atom. The van der Waals surface area contributed by atoms with Crippen LogP contribution in [0.1, 0.15) is 25.3 Å². The van der Waals surface area contributed by atoms with Gasteiger partial charge in [0, 0.05) is 19.2 Å². The fourth-order valence-electron chi connectivity index (χ4n) is 1.72. The zero-order chi connectivity index (χ0) is 13.5. The van der Waals surface area contributed by atoms with E-state index in [2.05, 4.69) is 17.2 Å². The fourth-order valence-corrected chi connectivity index (χ4v) is 1.72. The van der Waals surface area contributed by atoms with Gasteiger partial charge in [-0.25, -0.2) is 4.98 Å². The molecule has 0 aliphatic heterocycles. The van der Waals surface area contributed by atoms with E-state index < -0.39 is 4.92 Å². The second-order valence-corrected chi connectivity index (χ2v) is 4.28. The fraction of sp³-hybridized carbons (Fsp3) is 0.583. The van der Waals surface area contributed by atoms with E-state index >= 15 is 0 Å². The van der Waals surface area contributed by atoms with Crippen LogP contribution in [0.2, 0.25) is 0 Å². The van der Waals surface area contributed by atoms with Crippen LogP contribution in [0.25, 0.3) is 0 Å². The number of hydrogen-bond donors (Lipinski definition) is 2. The first kappa shape index (κ1) is 14.4. The lowest BCUT2D eigenvalue weighted by Gasteiger charge is -2.15. The van der Waals surface area contributed by atoms with Crippen molar-refractivity contribution in [3.63, 3.8) is 0 Å². The molecule has 100 valence electrons. The molecule has 0 fully saturated rings. The molecule has 0 bridgehead atoms. The summed E-state index contributed by atoms with van der Waals surface area (Å²) >= 11 is 0. The summed E-state index contributed by atoms with van der Waals surface area (Å²) in [5.41, 5.74) is 0.753. The molecule has 0 saturated carbocycles. The van der Waals surface area contributed by atoms with Crippen molar-refractivity contribution in [1.82, 2.24) is 4.98 Å². The van der Waals surface area contributed by atoms with Gasteiger partial charge in [-0.05, 0) is 24.8 Å². The third-order valence-corrected chi connectivity index (χ3v) is 2.95. The minimum absolute atomic E-state index is 0.000416. The molecule has 0 aliphatic rings. The van der Waals surface area contributed by atoms with Crippen molar-refractivity contribution in [3.05, 3.63) is 27.9 Å². The van der Waals surface area contributed by atoms with Crippen molar-refractivity contribution in [3.8, 4) is 0 Å². The van der Waals surface area contributed by atoms with Crippen molar-refractivity contribution in [2.75, 3.05) is 18.5 Å². The van der Waals surface area contributed by atoms with Crippen LogP contribution in [-0.4, -0.2) is 28.2 Å². The van der Waals surface area contributed by atoms with E-state index in [-0.39, 0.29) is 12.3 Å². The van der Waals surface area contributed by atoms with Gasteiger partial charge >= 0.3 is 0 Å². The van der Waals surface area contributed by atoms with Crippen LogP contribution in [-0.2, 0) is 0 Å². The number of aryl methyl sites for hydroxylation is 1. The van der Waals surface area contributed by atoms with Crippen LogP contribution < -0.4 is 5.32 Å². The van der Waals surface area contributed by atoms with E-state index in [0.29, 0.717) is 18.3 Å². The van der Waals surface area contributed by atoms with E-state index in [1.165, 1.54) is 12.3 Å². The Morgan fingerprint density at radius 2 is 2.33 bits per heavy atom. The molecular weight excluding hydrogens is 234 g/mol. The number of nitrogens with one attached hydrogen (secondary N) is 1. The third kappa shape index (κ3) is 3.96. The van der Waals surface area contributed by atoms with Gasteiger partial charge in [0.25, 0.3) is 5.69 Å². The van der Waals surface area contributed by atoms with Crippen LogP contribution >= 0.6 is 0 Å². The SMILES string of the molecule is CCC(CCO)CNc1ncc([N+](=O)[O-])cc1C. The Morgan fingerprint density at radius 1 is 1.61 bits per heavy atom. The first-order valence-electron chi connectivity index (χ1n) is 6.04. The zero-order valence-corrected chi connectivity index (χ0v) is 10.7. The minimum atomic E-state index is -0.454. The lowest BCUT2D eigenvalue weighted by atomic mass is 10.0. The van der Waals surface area contributed by atoms with Crippen molar-refractivity contribution in [2.45, 2.75) is 26.7 Å². The van der Waals surface area contributed by atoms with Crippen molar-refractivity contribution < 1.29 is 10.0 Å². The monoisotopic (exact) mass is 253 g/mol. The van der Waals surface area contributed by atoms with Gasteiger partial charge in [-0.3, -0.25) is 10.1 Å². The summed E-state index contributed by atoms with van der Waals surface area (Å²) in [6.45, 7) is 4.74. The molecule has 0 radical (unpaired) electrons. The summed E-state index contributed by atoms with van der Waals surface area (Å²) in [6.07, 6.45) is 2.97. The van der Waals surface area contributed by atoms with Gasteiger partial charge in [-0.1, -0.05) is 13.3 Å². The van der Waals surface area contributed by atoms with Crippen LogP contribution in [0.4, 0.5) is 11.5 Å². The van der Waals surface area contributed by atoms with Gasteiger partial charge in [0.05, 0.1) is 4.92 Å². The maximum absolute atomic E-state index is 10.6. The van der Waals surface area contributed by atoms with E-state index in [1.807, 2.05) is 0 Å². The number of anilines is 1. The van der Waals surface area contributed by atoms with Gasteiger partial charge < -0.3 is 10.4 Å². The molecular formula is C12H19N3O3. The van der Waals surface area contributed by atoms with Gasteiger partial charge in [0.15, 0.2) is 0 Å². The number of aromatic nitrogens is 1. The van der Waals surface area contributed by atoms with E-state index in [4.69, 9.17) is 5.11 Å². The smallest absolute Gasteiger partial charge is 0.287 e. The van der Waals surface area contributed by atoms with Gasteiger partial charge in [0.1, 0.15) is 12.0 Å². The van der Waals surface area contributed by atoms with Crippen LogP contribution in [0, 0.1) is 23.0 Å². The molecule has 1 aromatic heterocycles. The quantitative estimate of drug-likeness (QED) is 0.574. The molecule has 1 atom stereocenters. The number of nitrogens with zero attached hydrogens (tertiary/aromatic N) is 2. The average Bonchev–Trinajstić information content (AvgIpc) is 2.35. The van der Waals surface area contributed by atoms with Crippen molar-refractivity contribution >= 4 is 11.5 Å². The van der Waals surface area contributed by atoms with Crippen LogP contribution in [0.15, 0.2) is 12.3 Å². The topological polar surface area (TPSA) is 88.3 Å². The molecule has 6 heteroatoms. The first-order valence-corrected chi connectivity index (χ1v) is 6.04. The second kappa shape index (κ2) is 6.90. The average molecular weight is 253 g/mol. The molecule has 0 saturated heterocycles. The van der Waals surface area contributed by atoms with Gasteiger partial charge in [-0.15, -0.1) is 0 Å². The Hall–Kier alpha value is -1.69. The molecule has 6 nitrogen and oxygen atoms in total. The highest BCUT2D eigenvalue weighted by Gasteiger charge is 2.11. The lowest BCUT2D eigenvalue weighted by molar-refractivity contribution is -0.385. The number of rotatable bonds is 7. The Balaban J connectivity index is 2.65. The molecule has 18 heavy (non-hydrogen) atoms. The van der Waals surface area contributed by atoms with E-state index in [9.17, 15) is 10.1 Å². The molecule has 1 rings (SSSR count). The molecule has 0 aliphatic carbocycles. The predicted molar refractivity (Wildman–Crippen MR) is 69.6 cm³/mol. The zero-order valence-electron chi connectivity index (χ0n) is 10.7. The molecule has 1 unspecified atom stereocenters.